The fourth-order valence-electron chi connectivity index (χ4n) is 3.14. The van der Waals surface area contributed by atoms with Crippen molar-refractivity contribution in [3.63, 3.8) is 0 Å². The first-order valence-corrected chi connectivity index (χ1v) is 9.11. The zero-order valence-corrected chi connectivity index (χ0v) is 14.8. The lowest BCUT2D eigenvalue weighted by molar-refractivity contribution is 0.415. The van der Waals surface area contributed by atoms with E-state index in [0.717, 1.165) is 11.5 Å². The second-order valence-electron chi connectivity index (χ2n) is 5.84. The number of benzene rings is 3. The molecule has 24 heavy (non-hydrogen) atoms. The third kappa shape index (κ3) is 2.33. The molecule has 0 saturated heterocycles. The first-order chi connectivity index (χ1) is 11.7. The number of aryl methyl sites for hydroxylation is 1. The Morgan fingerprint density at radius 3 is 1.92 bits per heavy atom. The van der Waals surface area contributed by atoms with Crippen LogP contribution in [0.4, 0.5) is 0 Å². The van der Waals surface area contributed by atoms with Gasteiger partial charge < -0.3 is 9.47 Å². The van der Waals surface area contributed by atoms with Crippen molar-refractivity contribution in [3.8, 4) is 16.4 Å². The van der Waals surface area contributed by atoms with Gasteiger partial charge in [-0.1, -0.05) is 11.6 Å². The van der Waals surface area contributed by atoms with Crippen LogP contribution in [-0.2, 0) is 0 Å². The molecule has 3 heteroatoms. The number of fused-ring (bicyclic) bond motifs is 3. The van der Waals surface area contributed by atoms with Crippen LogP contribution in [0.5, 0.6) is 11.5 Å². The van der Waals surface area contributed by atoms with Crippen LogP contribution in [0.3, 0.4) is 0 Å². The van der Waals surface area contributed by atoms with Crippen molar-refractivity contribution in [2.45, 2.75) is 6.92 Å². The van der Waals surface area contributed by atoms with Gasteiger partial charge in [-0.2, -0.15) is 0 Å². The minimum absolute atomic E-state index is 0.0804. The average Bonchev–Trinajstić information content (AvgIpc) is 2.94. The van der Waals surface area contributed by atoms with Crippen LogP contribution >= 0.6 is 10.5 Å². The minimum Gasteiger partial charge on any atom is -0.497 e. The van der Waals surface area contributed by atoms with Crippen LogP contribution < -0.4 is 9.47 Å². The monoisotopic (exact) mass is 335 g/mol. The summed E-state index contributed by atoms with van der Waals surface area (Å²) in [7, 11) is 3.34. The van der Waals surface area contributed by atoms with Gasteiger partial charge in [0.15, 0.2) is 14.3 Å². The molecule has 0 bridgehead atoms. The molecule has 0 aliphatic rings. The SMILES string of the molecule is COc1ccc(-[s+]2c3ccc(C)cc3c3cc(OC)ccc32)cc1. The third-order valence-corrected chi connectivity index (χ3v) is 6.68. The maximum Gasteiger partial charge on any atom is 0.188 e. The predicted octanol–water partition coefficient (Wildman–Crippen LogP) is 6.06. The molecule has 1 atom stereocenters. The normalized spacial score (nSPS) is 11.9. The standard InChI is InChI=1S/C21H19O2S/c1-14-4-10-20-18(12-14)19-13-16(23-3)7-11-21(19)24(20)17-8-5-15(22-2)6-9-17/h4-13H,1-3H3/q+1. The van der Waals surface area contributed by atoms with Gasteiger partial charge in [-0.3, -0.25) is 0 Å². The Morgan fingerprint density at radius 1 is 0.667 bits per heavy atom. The fraction of sp³-hybridized carbons (Fsp3) is 0.143. The van der Waals surface area contributed by atoms with Gasteiger partial charge in [0.05, 0.1) is 19.6 Å². The summed E-state index contributed by atoms with van der Waals surface area (Å²) >= 11 is 0. The molecule has 0 radical (unpaired) electrons. The molecule has 0 spiro atoms. The average molecular weight is 335 g/mol. The van der Waals surface area contributed by atoms with Crippen LogP contribution in [0.1, 0.15) is 5.56 Å². The Balaban J connectivity index is 2.08. The minimum atomic E-state index is -0.0804. The van der Waals surface area contributed by atoms with E-state index >= 15 is 0 Å². The van der Waals surface area contributed by atoms with Crippen molar-refractivity contribution < 1.29 is 9.47 Å². The van der Waals surface area contributed by atoms with Gasteiger partial charge in [0, 0.05) is 34.1 Å². The van der Waals surface area contributed by atoms with E-state index in [1.807, 2.05) is 12.1 Å². The van der Waals surface area contributed by atoms with E-state index in [2.05, 4.69) is 55.5 Å². The largest absolute Gasteiger partial charge is 0.497 e. The summed E-state index contributed by atoms with van der Waals surface area (Å²) in [6, 6.07) is 21.6. The number of thiophene rings is 1. The molecule has 0 amide bonds. The van der Waals surface area contributed by atoms with E-state index in [1.165, 1.54) is 30.6 Å². The maximum atomic E-state index is 5.44. The zero-order chi connectivity index (χ0) is 16.7. The van der Waals surface area contributed by atoms with Gasteiger partial charge in [0.1, 0.15) is 11.5 Å². The van der Waals surface area contributed by atoms with Gasteiger partial charge in [-0.05, 0) is 43.3 Å². The Morgan fingerprint density at radius 2 is 1.25 bits per heavy atom. The van der Waals surface area contributed by atoms with Gasteiger partial charge in [0.2, 0.25) is 0 Å². The van der Waals surface area contributed by atoms with E-state index in [-0.39, 0.29) is 10.5 Å². The molecule has 1 unspecified atom stereocenters. The van der Waals surface area contributed by atoms with Crippen LogP contribution in [0.15, 0.2) is 60.7 Å². The topological polar surface area (TPSA) is 18.5 Å². The molecule has 0 fully saturated rings. The number of rotatable bonds is 3. The number of methoxy groups -OCH3 is 2. The molecular weight excluding hydrogens is 316 g/mol. The molecule has 3 aromatic carbocycles. The number of hydrogen-bond donors (Lipinski definition) is 0. The second kappa shape index (κ2) is 5.84. The van der Waals surface area contributed by atoms with Crippen LogP contribution in [0.25, 0.3) is 25.1 Å². The molecule has 0 N–H and O–H groups in total. The summed E-state index contributed by atoms with van der Waals surface area (Å²) in [6.07, 6.45) is 0. The molecule has 0 aliphatic heterocycles. The summed E-state index contributed by atoms with van der Waals surface area (Å²) in [5.74, 6) is 1.79. The molecule has 2 nitrogen and oxygen atoms in total. The number of ether oxygens (including phenoxy) is 2. The second-order valence-corrected chi connectivity index (χ2v) is 7.81. The molecule has 0 saturated carbocycles. The van der Waals surface area contributed by atoms with Crippen molar-refractivity contribution in [1.82, 2.24) is 0 Å². The van der Waals surface area contributed by atoms with Crippen LogP contribution in [-0.4, -0.2) is 14.2 Å². The van der Waals surface area contributed by atoms with E-state index in [1.54, 1.807) is 14.2 Å². The maximum absolute atomic E-state index is 5.44. The lowest BCUT2D eigenvalue weighted by Crippen LogP contribution is -1.81. The lowest BCUT2D eigenvalue weighted by Gasteiger charge is -1.99. The van der Waals surface area contributed by atoms with Crippen molar-refractivity contribution in [2.75, 3.05) is 14.2 Å². The molecule has 120 valence electrons. The van der Waals surface area contributed by atoms with Crippen molar-refractivity contribution in [3.05, 3.63) is 66.2 Å². The van der Waals surface area contributed by atoms with Gasteiger partial charge in [-0.15, -0.1) is 0 Å². The quantitative estimate of drug-likeness (QED) is 0.424. The third-order valence-electron chi connectivity index (χ3n) is 4.35. The fourth-order valence-corrected chi connectivity index (χ4v) is 5.48. The lowest BCUT2D eigenvalue weighted by atomic mass is 10.1. The molecule has 0 aliphatic carbocycles. The van der Waals surface area contributed by atoms with E-state index in [0.29, 0.717) is 0 Å². The summed E-state index contributed by atoms with van der Waals surface area (Å²) in [5.41, 5.74) is 1.28. The van der Waals surface area contributed by atoms with Crippen molar-refractivity contribution in [2.24, 2.45) is 0 Å². The van der Waals surface area contributed by atoms with E-state index in [4.69, 9.17) is 9.47 Å². The van der Waals surface area contributed by atoms with Gasteiger partial charge in [-0.25, -0.2) is 0 Å². The van der Waals surface area contributed by atoms with E-state index in [9.17, 15) is 0 Å². The highest BCUT2D eigenvalue weighted by molar-refractivity contribution is 7.50. The van der Waals surface area contributed by atoms with Crippen LogP contribution in [0, 0.1) is 6.92 Å². The molecule has 1 aromatic heterocycles. The Bertz CT molecular complexity index is 1030. The molecular formula is C21H19O2S+. The smallest absolute Gasteiger partial charge is 0.188 e. The highest BCUT2D eigenvalue weighted by Gasteiger charge is 2.24. The van der Waals surface area contributed by atoms with E-state index < -0.39 is 0 Å². The molecule has 4 rings (SSSR count). The van der Waals surface area contributed by atoms with Gasteiger partial charge in [0.25, 0.3) is 0 Å². The Labute approximate surface area is 144 Å². The summed E-state index contributed by atoms with van der Waals surface area (Å²) in [6.45, 7) is 2.14. The predicted molar refractivity (Wildman–Crippen MR) is 103 cm³/mol. The highest BCUT2D eigenvalue weighted by Crippen LogP contribution is 2.49. The van der Waals surface area contributed by atoms with Gasteiger partial charge >= 0.3 is 0 Å². The first-order valence-electron chi connectivity index (χ1n) is 7.88. The first kappa shape index (κ1) is 15.0. The summed E-state index contributed by atoms with van der Waals surface area (Å²) in [5, 5.41) is 2.61. The number of hydrogen-bond acceptors (Lipinski definition) is 2. The van der Waals surface area contributed by atoms with Crippen molar-refractivity contribution >= 4 is 30.6 Å². The summed E-state index contributed by atoms with van der Waals surface area (Å²) in [4.78, 5) is 1.31. The Hall–Kier alpha value is -2.52. The molecule has 1 heterocycles. The molecule has 4 aromatic rings. The van der Waals surface area contributed by atoms with Crippen LogP contribution in [0.2, 0.25) is 0 Å². The summed E-state index contributed by atoms with van der Waals surface area (Å²) < 4.78 is 13.5. The highest BCUT2D eigenvalue weighted by atomic mass is 32.2. The Kier molecular flexibility index (Phi) is 3.66. The van der Waals surface area contributed by atoms with Crippen molar-refractivity contribution in [1.29, 1.82) is 0 Å². The zero-order valence-electron chi connectivity index (χ0n) is 14.0.